The number of para-hydroxylation sites is 4. The summed E-state index contributed by atoms with van der Waals surface area (Å²) in [5.41, 5.74) is 12.9. The normalized spacial score (nSPS) is 12.7. The summed E-state index contributed by atoms with van der Waals surface area (Å²) in [4.78, 5) is 2.33. The third-order valence-electron chi connectivity index (χ3n) is 15.0. The smallest absolute Gasteiger partial charge is 0.152 e. The lowest BCUT2D eigenvalue weighted by molar-refractivity contribution is 0.477. The molecule has 0 saturated heterocycles. The van der Waals surface area contributed by atoms with Gasteiger partial charge in [-0.25, -0.2) is 0 Å². The van der Waals surface area contributed by atoms with Gasteiger partial charge in [0.25, 0.3) is 0 Å². The number of nitrogens with zero attached hydrogens (tertiary/aromatic N) is 2. The first-order chi connectivity index (χ1) is 34.7. The Balaban J connectivity index is 0.849. The van der Waals surface area contributed by atoms with Crippen LogP contribution in [-0.4, -0.2) is 4.57 Å². The van der Waals surface area contributed by atoms with E-state index in [1.54, 1.807) is 0 Å². The molecule has 16 rings (SSSR count). The van der Waals surface area contributed by atoms with Crippen molar-refractivity contribution in [3.05, 3.63) is 231 Å². The number of hydrogen-bond donors (Lipinski definition) is 0. The second kappa shape index (κ2) is 14.1. The summed E-state index contributed by atoms with van der Waals surface area (Å²) in [6, 6.07) is 83.7. The van der Waals surface area contributed by atoms with Gasteiger partial charge in [-0.1, -0.05) is 152 Å². The fourth-order valence-electron chi connectivity index (χ4n) is 12.0. The number of furan rings is 1. The molecule has 0 radical (unpaired) electrons. The van der Waals surface area contributed by atoms with Crippen LogP contribution < -0.4 is 9.64 Å². The van der Waals surface area contributed by atoms with E-state index in [9.17, 15) is 0 Å². The second-order valence-corrected chi connectivity index (χ2v) is 18.8. The number of anilines is 3. The fraction of sp³-hybridized carbons (Fsp3) is 0. The van der Waals surface area contributed by atoms with E-state index >= 15 is 0 Å². The second-order valence-electron chi connectivity index (χ2n) is 18.8. The van der Waals surface area contributed by atoms with E-state index in [0.717, 1.165) is 83.7 Å². The predicted octanol–water partition coefficient (Wildman–Crippen LogP) is 18.8. The lowest BCUT2D eigenvalue weighted by Crippen LogP contribution is -2.15. The molecule has 0 spiro atoms. The van der Waals surface area contributed by atoms with Gasteiger partial charge in [0.15, 0.2) is 11.5 Å². The van der Waals surface area contributed by atoms with Crippen molar-refractivity contribution in [2.45, 2.75) is 0 Å². The van der Waals surface area contributed by atoms with Gasteiger partial charge < -0.3 is 18.6 Å². The number of aromatic nitrogens is 1. The largest absolute Gasteiger partial charge is 0.455 e. The van der Waals surface area contributed by atoms with Gasteiger partial charge in [-0.15, -0.1) is 0 Å². The topological polar surface area (TPSA) is 30.5 Å². The number of benzene rings is 13. The van der Waals surface area contributed by atoms with Crippen molar-refractivity contribution in [3.63, 3.8) is 0 Å². The highest BCUT2D eigenvalue weighted by atomic mass is 16.5. The van der Waals surface area contributed by atoms with E-state index < -0.39 is 0 Å². The molecule has 0 aliphatic carbocycles. The summed E-state index contributed by atoms with van der Waals surface area (Å²) in [7, 11) is 0. The molecule has 1 aliphatic heterocycles. The first kappa shape index (κ1) is 37.7. The molecule has 2 aromatic heterocycles. The van der Waals surface area contributed by atoms with Crippen LogP contribution in [0.2, 0.25) is 0 Å². The average molecular weight is 891 g/mol. The molecule has 0 fully saturated rings. The zero-order chi connectivity index (χ0) is 45.6. The molecule has 0 saturated carbocycles. The molecule has 1 aliphatic rings. The van der Waals surface area contributed by atoms with Crippen molar-refractivity contribution < 1.29 is 9.15 Å². The van der Waals surface area contributed by atoms with Crippen molar-refractivity contribution >= 4 is 115 Å². The molecule has 0 amide bonds. The first-order valence-corrected chi connectivity index (χ1v) is 24.0. The molecule has 0 unspecified atom stereocenters. The van der Waals surface area contributed by atoms with Crippen LogP contribution in [-0.2, 0) is 0 Å². The van der Waals surface area contributed by atoms with Crippen LogP contribution in [0.25, 0.3) is 126 Å². The van der Waals surface area contributed by atoms with E-state index in [2.05, 4.69) is 234 Å². The number of hydrogen-bond acceptors (Lipinski definition) is 3. The van der Waals surface area contributed by atoms with Crippen molar-refractivity contribution in [1.29, 1.82) is 0 Å². The van der Waals surface area contributed by atoms with Gasteiger partial charge in [0.2, 0.25) is 0 Å². The lowest BCUT2D eigenvalue weighted by atomic mass is 9.91. The van der Waals surface area contributed by atoms with Gasteiger partial charge in [-0.2, -0.15) is 0 Å². The van der Waals surface area contributed by atoms with Crippen LogP contribution in [0, 0.1) is 0 Å². The van der Waals surface area contributed by atoms with Gasteiger partial charge in [-0.05, 0) is 144 Å². The van der Waals surface area contributed by atoms with E-state index in [1.165, 1.54) is 70.4 Å². The van der Waals surface area contributed by atoms with Gasteiger partial charge in [0, 0.05) is 32.6 Å². The molecule has 3 heterocycles. The minimum atomic E-state index is 0.811. The third kappa shape index (κ3) is 5.25. The van der Waals surface area contributed by atoms with E-state index in [1.807, 2.05) is 6.07 Å². The van der Waals surface area contributed by atoms with Crippen LogP contribution in [0.3, 0.4) is 0 Å². The Morgan fingerprint density at radius 1 is 0.314 bits per heavy atom. The molecule has 0 atom stereocenters. The van der Waals surface area contributed by atoms with E-state index in [0.29, 0.717) is 0 Å². The summed E-state index contributed by atoms with van der Waals surface area (Å²) in [6.07, 6.45) is 0. The maximum atomic E-state index is 6.88. The first-order valence-electron chi connectivity index (χ1n) is 24.0. The number of fused-ring (bicyclic) bond motifs is 11. The van der Waals surface area contributed by atoms with Gasteiger partial charge in [0.05, 0.1) is 33.5 Å². The fourth-order valence-corrected chi connectivity index (χ4v) is 12.0. The summed E-state index contributed by atoms with van der Waals surface area (Å²) >= 11 is 0. The number of rotatable bonds is 4. The van der Waals surface area contributed by atoms with Crippen molar-refractivity contribution in [2.75, 3.05) is 4.90 Å². The Hall–Kier alpha value is -9.38. The van der Waals surface area contributed by atoms with Crippen molar-refractivity contribution in [1.82, 2.24) is 4.57 Å². The van der Waals surface area contributed by atoms with Crippen LogP contribution in [0.15, 0.2) is 235 Å². The molecule has 13 aromatic carbocycles. The van der Waals surface area contributed by atoms with Crippen LogP contribution >= 0.6 is 0 Å². The van der Waals surface area contributed by atoms with E-state index in [-0.39, 0.29) is 0 Å². The quantitative estimate of drug-likeness (QED) is 0.130. The van der Waals surface area contributed by atoms with Crippen LogP contribution in [0.4, 0.5) is 17.1 Å². The maximum absolute atomic E-state index is 6.88. The molecule has 70 heavy (non-hydrogen) atoms. The third-order valence-corrected chi connectivity index (χ3v) is 15.0. The molecule has 0 N–H and O–H groups in total. The van der Waals surface area contributed by atoms with Gasteiger partial charge >= 0.3 is 0 Å². The van der Waals surface area contributed by atoms with Crippen molar-refractivity contribution in [3.8, 4) is 39.4 Å². The molecule has 4 heteroatoms. The number of ether oxygens (including phenoxy) is 1. The Morgan fingerprint density at radius 2 is 0.943 bits per heavy atom. The Kier molecular flexibility index (Phi) is 7.58. The Labute approximate surface area is 401 Å². The summed E-state index contributed by atoms with van der Waals surface area (Å²) < 4.78 is 16.1. The minimum absolute atomic E-state index is 0.811. The maximum Gasteiger partial charge on any atom is 0.152 e. The highest BCUT2D eigenvalue weighted by Crippen LogP contribution is 2.52. The van der Waals surface area contributed by atoms with Crippen LogP contribution in [0.1, 0.15) is 0 Å². The zero-order valence-corrected chi connectivity index (χ0v) is 37.7. The van der Waals surface area contributed by atoms with Crippen LogP contribution in [0.5, 0.6) is 11.5 Å². The molecule has 4 nitrogen and oxygen atoms in total. The highest BCUT2D eigenvalue weighted by Gasteiger charge is 2.27. The predicted molar refractivity (Wildman–Crippen MR) is 292 cm³/mol. The molecule has 15 aromatic rings. The highest BCUT2D eigenvalue weighted by molar-refractivity contribution is 6.33. The standard InChI is InChI=1S/C66H38N2O2/c1-3-16-48-43(12-1)34-44-13-2-4-17-49(44)63(48)40-26-30-47(31-27-40)67-56-21-8-10-23-60(56)69-61-38-42(29-33-57(61)67)41-28-32-55-52(35-41)50-18-5-7-20-54(50)68(55)58-37-45-15-11-14-39-24-25-46-36-53-51-19-6-9-22-59(51)70-66(53)65(58)64(46)62(39)45/h1-38H. The summed E-state index contributed by atoms with van der Waals surface area (Å²) in [5.74, 6) is 1.63. The minimum Gasteiger partial charge on any atom is -0.455 e. The molecular formula is C66H38N2O2. The van der Waals surface area contributed by atoms with Gasteiger partial charge in [-0.3, -0.25) is 0 Å². The molecule has 0 bridgehead atoms. The van der Waals surface area contributed by atoms with Crippen molar-refractivity contribution in [2.24, 2.45) is 0 Å². The molecule has 324 valence electrons. The average Bonchev–Trinajstić information content (AvgIpc) is 3.96. The van der Waals surface area contributed by atoms with E-state index in [4.69, 9.17) is 9.15 Å². The zero-order valence-electron chi connectivity index (χ0n) is 37.7. The lowest BCUT2D eigenvalue weighted by Gasteiger charge is -2.33. The Bertz CT molecular complexity index is 4640. The van der Waals surface area contributed by atoms with Gasteiger partial charge in [0.1, 0.15) is 11.2 Å². The SMILES string of the molecule is c1ccc2c(c1)Oc1cc(-c3ccc4c(c3)c3ccccc3n4-c3cc4cccc5ccc6cc7c8ccccc8oc7c3c6c54)ccc1N2c1ccc(-c2c3ccccc3cc3ccccc23)cc1. The molecular weight excluding hydrogens is 853 g/mol. The monoisotopic (exact) mass is 890 g/mol. The summed E-state index contributed by atoms with van der Waals surface area (Å²) in [5, 5.41) is 16.9. The summed E-state index contributed by atoms with van der Waals surface area (Å²) in [6.45, 7) is 0. The Morgan fingerprint density at radius 3 is 1.80 bits per heavy atom.